The average Bonchev–Trinajstić information content (AvgIpc) is 2.57. The van der Waals surface area contributed by atoms with Crippen molar-refractivity contribution >= 4 is 16.9 Å². The third kappa shape index (κ3) is 3.43. The van der Waals surface area contributed by atoms with Gasteiger partial charge in [-0.2, -0.15) is 0 Å². The maximum atomic E-state index is 11.2. The van der Waals surface area contributed by atoms with E-state index in [4.69, 9.17) is 4.74 Å². The molecule has 0 atom stereocenters. The van der Waals surface area contributed by atoms with E-state index in [1.807, 2.05) is 6.92 Å². The molecule has 13 heavy (non-hydrogen) atoms. The van der Waals surface area contributed by atoms with Crippen molar-refractivity contribution < 1.29 is 9.53 Å². The van der Waals surface area contributed by atoms with E-state index in [1.54, 1.807) is 0 Å². The summed E-state index contributed by atoms with van der Waals surface area (Å²) in [6.45, 7) is 6.04. The lowest BCUT2D eigenvalue weighted by atomic mass is 10.4. The molecular formula is C10H17O2S+. The first-order valence-corrected chi connectivity index (χ1v) is 6.46. The number of ether oxygens (including phenoxy) is 1. The molecule has 0 radical (unpaired) electrons. The van der Waals surface area contributed by atoms with Gasteiger partial charge in [0.25, 0.3) is 0 Å². The molecular weight excluding hydrogens is 184 g/mol. The second-order valence-electron chi connectivity index (χ2n) is 3.20. The van der Waals surface area contributed by atoms with Gasteiger partial charge in [-0.05, 0) is 30.7 Å². The molecule has 1 aliphatic rings. The van der Waals surface area contributed by atoms with Gasteiger partial charge >= 0.3 is 5.97 Å². The van der Waals surface area contributed by atoms with Gasteiger partial charge in [0.15, 0.2) is 0 Å². The summed E-state index contributed by atoms with van der Waals surface area (Å²) in [7, 11) is 0.418. The highest BCUT2D eigenvalue weighted by Gasteiger charge is 2.26. The Morgan fingerprint density at radius 3 is 2.62 bits per heavy atom. The molecule has 0 spiro atoms. The van der Waals surface area contributed by atoms with Crippen molar-refractivity contribution in [1.29, 1.82) is 0 Å². The Labute approximate surface area is 82.7 Å². The molecule has 1 heterocycles. The summed E-state index contributed by atoms with van der Waals surface area (Å²) in [5, 5.41) is 0. The molecule has 1 fully saturated rings. The van der Waals surface area contributed by atoms with Crippen LogP contribution in [0.1, 0.15) is 19.8 Å². The van der Waals surface area contributed by atoms with Crippen LogP contribution in [0.4, 0.5) is 0 Å². The number of esters is 1. The molecule has 0 N–H and O–H groups in total. The van der Waals surface area contributed by atoms with E-state index in [2.05, 4.69) is 6.58 Å². The second-order valence-corrected chi connectivity index (χ2v) is 5.53. The van der Waals surface area contributed by atoms with E-state index >= 15 is 0 Å². The fraction of sp³-hybridized carbons (Fsp3) is 0.700. The first kappa shape index (κ1) is 10.6. The fourth-order valence-electron chi connectivity index (χ4n) is 1.40. The van der Waals surface area contributed by atoms with Gasteiger partial charge < -0.3 is 4.74 Å². The minimum atomic E-state index is -0.207. The van der Waals surface area contributed by atoms with Gasteiger partial charge in [0, 0.05) is 0 Å². The summed E-state index contributed by atoms with van der Waals surface area (Å²) < 4.78 is 4.88. The predicted octanol–water partition coefficient (Wildman–Crippen LogP) is 1.52. The summed E-state index contributed by atoms with van der Waals surface area (Å²) in [5.41, 5.74) is 0.659. The van der Waals surface area contributed by atoms with Crippen LogP contribution >= 0.6 is 0 Å². The Bertz CT molecular complexity index is 195. The maximum Gasteiger partial charge on any atom is 0.338 e. The van der Waals surface area contributed by atoms with Gasteiger partial charge in [-0.15, -0.1) is 0 Å². The van der Waals surface area contributed by atoms with Crippen LogP contribution in [0.25, 0.3) is 0 Å². The quantitative estimate of drug-likeness (QED) is 0.391. The molecule has 0 aliphatic carbocycles. The third-order valence-electron chi connectivity index (χ3n) is 2.06. The number of hydrogen-bond acceptors (Lipinski definition) is 2. The van der Waals surface area contributed by atoms with Crippen molar-refractivity contribution in [3.63, 3.8) is 0 Å². The molecule has 0 aromatic carbocycles. The van der Waals surface area contributed by atoms with Gasteiger partial charge in [0.1, 0.15) is 17.3 Å². The van der Waals surface area contributed by atoms with Crippen LogP contribution in [0.3, 0.4) is 0 Å². The number of rotatable bonds is 4. The Balaban J connectivity index is 2.27. The van der Waals surface area contributed by atoms with Gasteiger partial charge in [-0.25, -0.2) is 4.79 Å². The highest BCUT2D eigenvalue weighted by molar-refractivity contribution is 7.97. The minimum Gasteiger partial charge on any atom is -0.463 e. The zero-order chi connectivity index (χ0) is 9.68. The Morgan fingerprint density at radius 2 is 2.08 bits per heavy atom. The molecule has 0 unspecified atom stereocenters. The van der Waals surface area contributed by atoms with Crippen molar-refractivity contribution in [3.05, 3.63) is 12.2 Å². The SMILES string of the molecule is C=C(C[S+]1CCCC1)C(=O)OCC. The molecule has 74 valence electrons. The van der Waals surface area contributed by atoms with Gasteiger partial charge in [0.05, 0.1) is 12.2 Å². The van der Waals surface area contributed by atoms with Crippen LogP contribution in [0.5, 0.6) is 0 Å². The van der Waals surface area contributed by atoms with Crippen LogP contribution in [0.15, 0.2) is 12.2 Å². The molecule has 0 saturated carbocycles. The normalized spacial score (nSPS) is 17.3. The van der Waals surface area contributed by atoms with E-state index in [1.165, 1.54) is 24.3 Å². The summed E-state index contributed by atoms with van der Waals surface area (Å²) in [4.78, 5) is 11.2. The third-order valence-corrected chi connectivity index (χ3v) is 4.55. The Hall–Kier alpha value is -0.440. The van der Waals surface area contributed by atoms with Crippen LogP contribution in [0, 0.1) is 0 Å². The van der Waals surface area contributed by atoms with Crippen molar-refractivity contribution in [1.82, 2.24) is 0 Å². The summed E-state index contributed by atoms with van der Waals surface area (Å²) >= 11 is 0. The highest BCUT2D eigenvalue weighted by Crippen LogP contribution is 2.16. The van der Waals surface area contributed by atoms with Gasteiger partial charge in [-0.3, -0.25) is 0 Å². The van der Waals surface area contributed by atoms with Crippen molar-refractivity contribution in [2.45, 2.75) is 19.8 Å². The monoisotopic (exact) mass is 201 g/mol. The molecule has 1 saturated heterocycles. The number of carbonyl (C=O) groups is 1. The second kappa shape index (κ2) is 5.32. The number of carbonyl (C=O) groups excluding carboxylic acids is 1. The lowest BCUT2D eigenvalue weighted by Gasteiger charge is -2.04. The largest absolute Gasteiger partial charge is 0.463 e. The zero-order valence-electron chi connectivity index (χ0n) is 8.17. The van der Waals surface area contributed by atoms with Gasteiger partial charge in [-0.1, -0.05) is 6.58 Å². The van der Waals surface area contributed by atoms with E-state index in [9.17, 15) is 4.79 Å². The standard InChI is InChI=1S/C10H17O2S/c1-3-12-10(11)9(2)8-13-6-4-5-7-13/h2-8H2,1H3/q+1. The fourth-order valence-corrected chi connectivity index (χ4v) is 3.73. The smallest absolute Gasteiger partial charge is 0.338 e. The van der Waals surface area contributed by atoms with Crippen molar-refractivity contribution in [2.24, 2.45) is 0 Å². The lowest BCUT2D eigenvalue weighted by molar-refractivity contribution is -0.138. The minimum absolute atomic E-state index is 0.207. The van der Waals surface area contributed by atoms with Gasteiger partial charge in [0.2, 0.25) is 0 Å². The van der Waals surface area contributed by atoms with Crippen molar-refractivity contribution in [3.8, 4) is 0 Å². The first-order valence-electron chi connectivity index (χ1n) is 4.73. The number of hydrogen-bond donors (Lipinski definition) is 0. The molecule has 0 aromatic rings. The average molecular weight is 201 g/mol. The van der Waals surface area contributed by atoms with Crippen molar-refractivity contribution in [2.75, 3.05) is 23.9 Å². The van der Waals surface area contributed by atoms with Crippen LogP contribution in [-0.4, -0.2) is 29.8 Å². The highest BCUT2D eigenvalue weighted by atomic mass is 32.2. The first-order chi connectivity index (χ1) is 6.24. The van der Waals surface area contributed by atoms with E-state index < -0.39 is 0 Å². The van der Waals surface area contributed by atoms with Crippen LogP contribution in [-0.2, 0) is 20.4 Å². The van der Waals surface area contributed by atoms with E-state index in [0.29, 0.717) is 23.1 Å². The Morgan fingerprint density at radius 1 is 1.46 bits per heavy atom. The predicted molar refractivity (Wildman–Crippen MR) is 57.0 cm³/mol. The lowest BCUT2D eigenvalue weighted by Crippen LogP contribution is -2.17. The van der Waals surface area contributed by atoms with E-state index in [-0.39, 0.29) is 5.97 Å². The molecule has 0 bridgehead atoms. The molecule has 1 rings (SSSR count). The molecule has 0 aromatic heterocycles. The van der Waals surface area contributed by atoms with E-state index in [0.717, 1.165) is 5.75 Å². The summed E-state index contributed by atoms with van der Waals surface area (Å²) in [6, 6.07) is 0. The molecule has 2 nitrogen and oxygen atoms in total. The topological polar surface area (TPSA) is 26.3 Å². The maximum absolute atomic E-state index is 11.2. The van der Waals surface area contributed by atoms with Crippen LogP contribution in [0.2, 0.25) is 0 Å². The Kier molecular flexibility index (Phi) is 4.36. The molecule has 3 heteroatoms. The summed E-state index contributed by atoms with van der Waals surface area (Å²) in [6.07, 6.45) is 2.64. The molecule has 1 aliphatic heterocycles. The summed E-state index contributed by atoms with van der Waals surface area (Å²) in [5.74, 6) is 3.21. The van der Waals surface area contributed by atoms with Crippen LogP contribution < -0.4 is 0 Å². The zero-order valence-corrected chi connectivity index (χ0v) is 8.99. The molecule has 0 amide bonds.